The average molecular weight is 415 g/mol. The van der Waals surface area contributed by atoms with Crippen molar-refractivity contribution in [2.45, 2.75) is 18.1 Å². The Hall–Kier alpha value is -2.81. The number of nitrogens with zero attached hydrogens (tertiary/aromatic N) is 4. The van der Waals surface area contributed by atoms with Crippen LogP contribution in [0.25, 0.3) is 11.4 Å². The molecular formula is C20H23ClN6O2. The van der Waals surface area contributed by atoms with E-state index in [0.29, 0.717) is 30.9 Å². The van der Waals surface area contributed by atoms with Crippen LogP contribution in [-0.2, 0) is 12.6 Å². The number of tetrazole rings is 1. The van der Waals surface area contributed by atoms with Gasteiger partial charge in [0, 0.05) is 17.7 Å². The lowest BCUT2D eigenvalue weighted by atomic mass is 9.79. The predicted octanol–water partition coefficient (Wildman–Crippen LogP) is 1.28. The summed E-state index contributed by atoms with van der Waals surface area (Å²) in [6.45, 7) is 1.13. The van der Waals surface area contributed by atoms with Crippen molar-refractivity contribution >= 4 is 18.3 Å². The number of carbonyl (C=O) groups excluding carboxylic acids is 1. The second-order valence-electron chi connectivity index (χ2n) is 6.94. The average Bonchev–Trinajstić information content (AvgIpc) is 3.17. The van der Waals surface area contributed by atoms with Gasteiger partial charge >= 0.3 is 0 Å². The highest BCUT2D eigenvalue weighted by atomic mass is 35.5. The Kier molecular flexibility index (Phi) is 6.26. The summed E-state index contributed by atoms with van der Waals surface area (Å²) < 4.78 is 0. The number of hydrogen-bond acceptors (Lipinski definition) is 6. The Labute approximate surface area is 174 Å². The van der Waals surface area contributed by atoms with Gasteiger partial charge in [0.05, 0.1) is 18.7 Å². The van der Waals surface area contributed by atoms with Crippen LogP contribution >= 0.6 is 12.4 Å². The third kappa shape index (κ3) is 4.14. The first-order valence-electron chi connectivity index (χ1n) is 9.20. The van der Waals surface area contributed by atoms with E-state index in [0.717, 1.165) is 11.1 Å². The number of aryl methyl sites for hydroxylation is 1. The molecule has 0 bridgehead atoms. The minimum Gasteiger partial charge on any atom is -0.389 e. The number of aliphatic hydroxyl groups is 1. The number of amides is 1. The van der Waals surface area contributed by atoms with Gasteiger partial charge in [0.25, 0.3) is 5.91 Å². The highest BCUT2D eigenvalue weighted by Gasteiger charge is 2.42. The van der Waals surface area contributed by atoms with Crippen molar-refractivity contribution in [2.75, 3.05) is 13.1 Å². The number of rotatable bonds is 4. The molecule has 0 radical (unpaired) electrons. The summed E-state index contributed by atoms with van der Waals surface area (Å²) in [7, 11) is 1.70. The topological polar surface area (TPSA) is 105 Å². The number of aromatic nitrogens is 4. The summed E-state index contributed by atoms with van der Waals surface area (Å²) in [6.07, 6.45) is -0.124. The van der Waals surface area contributed by atoms with Crippen LogP contribution in [0.2, 0.25) is 0 Å². The van der Waals surface area contributed by atoms with Crippen LogP contribution in [0.1, 0.15) is 22.3 Å². The molecule has 0 aliphatic carbocycles. The molecule has 3 aromatic rings. The van der Waals surface area contributed by atoms with Crippen LogP contribution in [0.15, 0.2) is 54.6 Å². The highest BCUT2D eigenvalue weighted by molar-refractivity contribution is 5.95. The molecule has 2 heterocycles. The molecule has 1 amide bonds. The number of piperidine rings is 1. The fraction of sp³-hybridized carbons (Fsp3) is 0.300. The van der Waals surface area contributed by atoms with Crippen LogP contribution in [0.4, 0.5) is 0 Å². The molecule has 1 saturated heterocycles. The minimum atomic E-state index is -0.825. The van der Waals surface area contributed by atoms with E-state index in [9.17, 15) is 9.90 Å². The number of benzene rings is 2. The van der Waals surface area contributed by atoms with E-state index in [-0.39, 0.29) is 18.3 Å². The Balaban J connectivity index is 0.00000240. The second-order valence-corrected chi connectivity index (χ2v) is 6.94. The first-order chi connectivity index (χ1) is 13.6. The Bertz CT molecular complexity index is 963. The molecule has 3 N–H and O–H groups in total. The van der Waals surface area contributed by atoms with Gasteiger partial charge < -0.3 is 15.7 Å². The molecule has 9 heteroatoms. The van der Waals surface area contributed by atoms with Gasteiger partial charge in [-0.2, -0.15) is 4.80 Å². The second kappa shape index (κ2) is 8.69. The quantitative estimate of drug-likeness (QED) is 0.594. The van der Waals surface area contributed by atoms with Crippen LogP contribution in [0.3, 0.4) is 0 Å². The molecule has 29 heavy (non-hydrogen) atoms. The largest absolute Gasteiger partial charge is 0.389 e. The van der Waals surface area contributed by atoms with Gasteiger partial charge in [-0.25, -0.2) is 0 Å². The van der Waals surface area contributed by atoms with Gasteiger partial charge in [-0.05, 0) is 35.9 Å². The number of nitrogens with one attached hydrogen (secondary N) is 2. The SMILES string of the molecule is Cl.Cn1nnc(-c2ccc(C(=O)N[C@]3(c4ccccc4)CCNC[C@H]3O)cc2)n1. The van der Waals surface area contributed by atoms with Gasteiger partial charge in [-0.3, -0.25) is 4.79 Å². The summed E-state index contributed by atoms with van der Waals surface area (Å²) in [6, 6.07) is 16.7. The lowest BCUT2D eigenvalue weighted by Crippen LogP contribution is -2.61. The molecule has 8 nitrogen and oxygen atoms in total. The lowest BCUT2D eigenvalue weighted by Gasteiger charge is -2.43. The van der Waals surface area contributed by atoms with Crippen LogP contribution in [0.5, 0.6) is 0 Å². The maximum Gasteiger partial charge on any atom is 0.252 e. The summed E-state index contributed by atoms with van der Waals surface area (Å²) in [4.78, 5) is 14.4. The van der Waals surface area contributed by atoms with Crippen molar-refractivity contribution in [1.29, 1.82) is 0 Å². The summed E-state index contributed by atoms with van der Waals surface area (Å²) >= 11 is 0. The standard InChI is InChI=1S/C20H22N6O2.ClH/c1-26-24-18(23-25-26)14-7-9-15(10-8-14)19(28)22-20(11-12-21-13-17(20)27)16-5-3-2-4-6-16;/h2-10,17,21,27H,11-13H2,1H3,(H,22,28);1H/t17-,20+;/m1./s1. The van der Waals surface area contributed by atoms with Crippen molar-refractivity contribution in [1.82, 2.24) is 30.8 Å². The molecule has 152 valence electrons. The zero-order valence-electron chi connectivity index (χ0n) is 15.9. The maximum absolute atomic E-state index is 13.0. The molecule has 1 aromatic heterocycles. The Morgan fingerprint density at radius 3 is 2.55 bits per heavy atom. The fourth-order valence-corrected chi connectivity index (χ4v) is 3.60. The summed E-state index contributed by atoms with van der Waals surface area (Å²) in [5.74, 6) is 0.271. The third-order valence-electron chi connectivity index (χ3n) is 5.14. The fourth-order valence-electron chi connectivity index (χ4n) is 3.60. The monoisotopic (exact) mass is 414 g/mol. The molecular weight excluding hydrogens is 392 g/mol. The van der Waals surface area contributed by atoms with Crippen molar-refractivity contribution in [3.05, 3.63) is 65.7 Å². The zero-order chi connectivity index (χ0) is 19.6. The van der Waals surface area contributed by atoms with Gasteiger partial charge in [0.1, 0.15) is 0 Å². The van der Waals surface area contributed by atoms with E-state index in [1.165, 1.54) is 4.80 Å². The number of halogens is 1. The lowest BCUT2D eigenvalue weighted by molar-refractivity contribution is 0.0290. The van der Waals surface area contributed by atoms with Crippen molar-refractivity contribution in [3.8, 4) is 11.4 Å². The Morgan fingerprint density at radius 2 is 1.93 bits per heavy atom. The first-order valence-corrected chi connectivity index (χ1v) is 9.20. The van der Waals surface area contributed by atoms with E-state index < -0.39 is 11.6 Å². The van der Waals surface area contributed by atoms with Gasteiger partial charge in [0.15, 0.2) is 0 Å². The molecule has 2 atom stereocenters. The van der Waals surface area contributed by atoms with Gasteiger partial charge in [-0.1, -0.05) is 42.5 Å². The van der Waals surface area contributed by atoms with E-state index >= 15 is 0 Å². The van der Waals surface area contributed by atoms with Crippen LogP contribution in [0, 0.1) is 0 Å². The van der Waals surface area contributed by atoms with E-state index in [1.807, 2.05) is 30.3 Å². The molecule has 1 aliphatic rings. The highest BCUT2D eigenvalue weighted by Crippen LogP contribution is 2.31. The molecule has 0 spiro atoms. The maximum atomic E-state index is 13.0. The Morgan fingerprint density at radius 1 is 1.21 bits per heavy atom. The molecule has 0 saturated carbocycles. The number of aliphatic hydroxyl groups excluding tert-OH is 1. The van der Waals surface area contributed by atoms with Gasteiger partial charge in [-0.15, -0.1) is 22.6 Å². The normalized spacial score (nSPS) is 21.2. The van der Waals surface area contributed by atoms with E-state index in [4.69, 9.17) is 0 Å². The number of β-amino-alcohol motifs (C(OH)–C–C–N with tert-alkyl or cyclic N) is 1. The molecule has 4 rings (SSSR count). The smallest absolute Gasteiger partial charge is 0.252 e. The molecule has 2 aromatic carbocycles. The molecule has 1 fully saturated rings. The van der Waals surface area contributed by atoms with Crippen molar-refractivity contribution in [3.63, 3.8) is 0 Å². The van der Waals surface area contributed by atoms with Crippen molar-refractivity contribution in [2.24, 2.45) is 7.05 Å². The van der Waals surface area contributed by atoms with E-state index in [1.54, 1.807) is 31.3 Å². The first kappa shape index (κ1) is 20.9. The molecule has 0 unspecified atom stereocenters. The van der Waals surface area contributed by atoms with Gasteiger partial charge in [0.2, 0.25) is 5.82 Å². The minimum absolute atomic E-state index is 0. The van der Waals surface area contributed by atoms with Crippen LogP contribution in [-0.4, -0.2) is 50.4 Å². The molecule has 1 aliphatic heterocycles. The number of hydrogen-bond donors (Lipinski definition) is 3. The number of carbonyl (C=O) groups is 1. The van der Waals surface area contributed by atoms with Crippen molar-refractivity contribution < 1.29 is 9.90 Å². The van der Waals surface area contributed by atoms with E-state index in [2.05, 4.69) is 26.0 Å². The predicted molar refractivity (Wildman–Crippen MR) is 111 cm³/mol. The summed E-state index contributed by atoms with van der Waals surface area (Å²) in [5.41, 5.74) is 1.37. The van der Waals surface area contributed by atoms with Crippen LogP contribution < -0.4 is 10.6 Å². The zero-order valence-corrected chi connectivity index (χ0v) is 16.8. The summed E-state index contributed by atoms with van der Waals surface area (Å²) in [5, 5.41) is 29.0. The third-order valence-corrected chi connectivity index (χ3v) is 5.14.